The second-order valence-corrected chi connectivity index (χ2v) is 7.07. The van der Waals surface area contributed by atoms with Crippen molar-refractivity contribution in [3.05, 3.63) is 12.2 Å². The molecule has 2 aliphatic rings. The number of aliphatic imine (C=N–C) groups is 1. The van der Waals surface area contributed by atoms with E-state index in [1.165, 1.54) is 37.7 Å². The molecule has 1 nitrogen and oxygen atoms in total. The Morgan fingerprint density at radius 1 is 1.28 bits per heavy atom. The molecule has 4 unspecified atom stereocenters. The summed E-state index contributed by atoms with van der Waals surface area (Å²) in [5.74, 6) is 1.21. The molecule has 0 spiro atoms. The molecule has 0 aliphatic heterocycles. The molecule has 2 heteroatoms. The molecule has 2 aliphatic carbocycles. The van der Waals surface area contributed by atoms with Crippen molar-refractivity contribution in [2.24, 2.45) is 22.2 Å². The van der Waals surface area contributed by atoms with Crippen LogP contribution in [0.2, 0.25) is 0 Å². The lowest BCUT2D eigenvalue weighted by atomic mass is 9.50. The summed E-state index contributed by atoms with van der Waals surface area (Å²) < 4.78 is 0. The van der Waals surface area contributed by atoms with Gasteiger partial charge < -0.3 is 0 Å². The number of isothiocyanates is 1. The van der Waals surface area contributed by atoms with Gasteiger partial charge in [0.2, 0.25) is 0 Å². The topological polar surface area (TPSA) is 12.4 Å². The molecule has 0 heterocycles. The van der Waals surface area contributed by atoms with Crippen LogP contribution in [0.5, 0.6) is 0 Å². The Morgan fingerprint density at radius 3 is 2.56 bits per heavy atom. The number of nitrogens with zero attached hydrogens (tertiary/aromatic N) is 1. The van der Waals surface area contributed by atoms with Crippen molar-refractivity contribution in [3.63, 3.8) is 0 Å². The van der Waals surface area contributed by atoms with Crippen LogP contribution in [0.3, 0.4) is 0 Å². The molecule has 0 aromatic heterocycles. The average Bonchev–Trinajstić information content (AvgIpc) is 2.27. The minimum Gasteiger partial charge on any atom is -0.226 e. The lowest BCUT2D eigenvalue weighted by Gasteiger charge is -2.56. The number of hydrogen-bond acceptors (Lipinski definition) is 2. The Morgan fingerprint density at radius 2 is 1.94 bits per heavy atom. The molecule has 18 heavy (non-hydrogen) atoms. The summed E-state index contributed by atoms with van der Waals surface area (Å²) >= 11 is 4.90. The smallest absolute Gasteiger partial charge is 0.0721 e. The van der Waals surface area contributed by atoms with Crippen molar-refractivity contribution in [1.29, 1.82) is 0 Å². The summed E-state index contributed by atoms with van der Waals surface area (Å²) in [4.78, 5) is 4.60. The van der Waals surface area contributed by atoms with Gasteiger partial charge in [-0.1, -0.05) is 31.9 Å². The van der Waals surface area contributed by atoms with Crippen molar-refractivity contribution < 1.29 is 0 Å². The maximum Gasteiger partial charge on any atom is 0.0721 e. The first kappa shape index (κ1) is 14.0. The maximum atomic E-state index is 4.90. The number of allylic oxidation sites excluding steroid dienone is 1. The van der Waals surface area contributed by atoms with Gasteiger partial charge in [-0.3, -0.25) is 0 Å². The van der Waals surface area contributed by atoms with Crippen molar-refractivity contribution >= 4 is 17.4 Å². The number of hydrogen-bond donors (Lipinski definition) is 0. The normalized spacial score (nSPS) is 43.7. The molecule has 2 saturated carbocycles. The highest BCUT2D eigenvalue weighted by molar-refractivity contribution is 7.78. The Bertz CT molecular complexity index is 392. The van der Waals surface area contributed by atoms with E-state index in [0.29, 0.717) is 17.3 Å². The molecule has 0 aromatic carbocycles. The molecule has 0 saturated heterocycles. The minimum atomic E-state index is -0.0151. The number of thiocarbonyl (C=S) groups is 1. The van der Waals surface area contributed by atoms with Gasteiger partial charge in [0.15, 0.2) is 0 Å². The van der Waals surface area contributed by atoms with Crippen molar-refractivity contribution in [1.82, 2.24) is 0 Å². The molecule has 2 fully saturated rings. The highest BCUT2D eigenvalue weighted by atomic mass is 32.1. The summed E-state index contributed by atoms with van der Waals surface area (Å²) in [7, 11) is 0. The fraction of sp³-hybridized carbons (Fsp3) is 0.812. The lowest BCUT2D eigenvalue weighted by Crippen LogP contribution is -2.52. The van der Waals surface area contributed by atoms with E-state index in [1.807, 2.05) is 0 Å². The van der Waals surface area contributed by atoms with Crippen molar-refractivity contribution in [2.45, 2.75) is 64.8 Å². The molecule has 100 valence electrons. The Kier molecular flexibility index (Phi) is 3.80. The van der Waals surface area contributed by atoms with Gasteiger partial charge in [-0.2, -0.15) is 0 Å². The molecular formula is C16H25NS. The second kappa shape index (κ2) is 4.90. The van der Waals surface area contributed by atoms with E-state index in [9.17, 15) is 0 Å². The Balaban J connectivity index is 2.44. The summed E-state index contributed by atoms with van der Waals surface area (Å²) in [5.41, 5.74) is 1.74. The minimum absolute atomic E-state index is 0.0151. The van der Waals surface area contributed by atoms with E-state index in [2.05, 4.69) is 37.5 Å². The van der Waals surface area contributed by atoms with E-state index >= 15 is 0 Å². The van der Waals surface area contributed by atoms with Crippen LogP contribution in [0.4, 0.5) is 0 Å². The van der Waals surface area contributed by atoms with Gasteiger partial charge in [0.1, 0.15) is 0 Å². The van der Waals surface area contributed by atoms with Crippen molar-refractivity contribution in [2.75, 3.05) is 0 Å². The highest BCUT2D eigenvalue weighted by Gasteiger charge is 2.53. The van der Waals surface area contributed by atoms with Crippen LogP contribution in [-0.4, -0.2) is 10.7 Å². The van der Waals surface area contributed by atoms with Gasteiger partial charge in [-0.15, -0.1) is 0 Å². The first-order chi connectivity index (χ1) is 8.43. The van der Waals surface area contributed by atoms with Gasteiger partial charge in [-0.05, 0) is 69.0 Å². The standard InChI is InChI=1S/C16H25NS/c1-12(2)13-7-5-8-15(3)9-6-10-16(4,14(13)15)17-11-18/h13-14H,1,5-10H2,2-4H3. The first-order valence-electron chi connectivity index (χ1n) is 7.17. The third-order valence-electron chi connectivity index (χ3n) is 5.45. The number of fused-ring (bicyclic) bond motifs is 1. The zero-order chi connectivity index (χ0) is 13.4. The molecule has 2 rings (SSSR count). The van der Waals surface area contributed by atoms with Crippen LogP contribution in [0.15, 0.2) is 17.1 Å². The van der Waals surface area contributed by atoms with E-state index in [0.717, 1.165) is 6.42 Å². The summed E-state index contributed by atoms with van der Waals surface area (Å²) in [6, 6.07) is 0. The molecule has 0 amide bonds. The molecule has 0 N–H and O–H groups in total. The molecular weight excluding hydrogens is 238 g/mol. The SMILES string of the molecule is C=C(C)C1CCCC2(C)CCCC(C)(N=C=S)C12. The van der Waals surface area contributed by atoms with Gasteiger partial charge in [0, 0.05) is 0 Å². The third-order valence-corrected chi connectivity index (χ3v) is 5.54. The van der Waals surface area contributed by atoms with Crippen LogP contribution < -0.4 is 0 Å². The lowest BCUT2D eigenvalue weighted by molar-refractivity contribution is -0.0227. The van der Waals surface area contributed by atoms with Crippen LogP contribution in [0.1, 0.15) is 59.3 Å². The predicted molar refractivity (Wildman–Crippen MR) is 81.0 cm³/mol. The molecule has 0 radical (unpaired) electrons. The zero-order valence-corrected chi connectivity index (χ0v) is 12.8. The maximum absolute atomic E-state index is 4.90. The monoisotopic (exact) mass is 263 g/mol. The van der Waals surface area contributed by atoms with Gasteiger partial charge in [-0.25, -0.2) is 4.99 Å². The Hall–Kier alpha value is -0.460. The second-order valence-electron chi connectivity index (χ2n) is 6.89. The van der Waals surface area contributed by atoms with Crippen LogP contribution in [0, 0.1) is 17.3 Å². The number of rotatable bonds is 2. The van der Waals surface area contributed by atoms with E-state index < -0.39 is 0 Å². The van der Waals surface area contributed by atoms with Gasteiger partial charge in [0.05, 0.1) is 10.7 Å². The zero-order valence-electron chi connectivity index (χ0n) is 12.0. The van der Waals surface area contributed by atoms with E-state index in [-0.39, 0.29) is 5.54 Å². The summed E-state index contributed by atoms with van der Waals surface area (Å²) in [6.45, 7) is 11.2. The summed E-state index contributed by atoms with van der Waals surface area (Å²) in [6.07, 6.45) is 7.71. The molecule has 4 atom stereocenters. The van der Waals surface area contributed by atoms with Crippen molar-refractivity contribution in [3.8, 4) is 0 Å². The largest absolute Gasteiger partial charge is 0.226 e. The molecule has 0 bridgehead atoms. The van der Waals surface area contributed by atoms with Crippen LogP contribution in [0.25, 0.3) is 0 Å². The fourth-order valence-electron chi connectivity index (χ4n) is 4.76. The third kappa shape index (κ3) is 2.21. The predicted octanol–water partition coefficient (Wildman–Crippen LogP) is 5.03. The molecule has 0 aromatic rings. The van der Waals surface area contributed by atoms with Gasteiger partial charge in [0.25, 0.3) is 0 Å². The van der Waals surface area contributed by atoms with Crippen LogP contribution in [-0.2, 0) is 0 Å². The van der Waals surface area contributed by atoms with E-state index in [1.54, 1.807) is 0 Å². The first-order valence-corrected chi connectivity index (χ1v) is 7.58. The Labute approximate surface area is 117 Å². The van der Waals surface area contributed by atoms with Gasteiger partial charge >= 0.3 is 0 Å². The highest BCUT2D eigenvalue weighted by Crippen LogP contribution is 2.58. The van der Waals surface area contributed by atoms with E-state index in [4.69, 9.17) is 12.2 Å². The average molecular weight is 263 g/mol. The summed E-state index contributed by atoms with van der Waals surface area (Å²) in [5, 5.41) is 2.67. The fourth-order valence-corrected chi connectivity index (χ4v) is 4.97. The quantitative estimate of drug-likeness (QED) is 0.386. The van der Waals surface area contributed by atoms with Crippen LogP contribution >= 0.6 is 12.2 Å².